The van der Waals surface area contributed by atoms with Gasteiger partial charge in [-0.2, -0.15) is 17.6 Å². The fraction of sp³-hybridized carbons (Fsp3) is 0.250. The number of benzene rings is 1. The molecule has 0 amide bonds. The third-order valence-electron chi connectivity index (χ3n) is 1.31. The van der Waals surface area contributed by atoms with Gasteiger partial charge < -0.3 is 4.74 Å². The van der Waals surface area contributed by atoms with Gasteiger partial charge in [-0.3, -0.25) is 0 Å². The second-order valence-electron chi connectivity index (χ2n) is 2.43. The molecule has 0 aliphatic heterocycles. The summed E-state index contributed by atoms with van der Waals surface area (Å²) in [4.78, 5) is 0. The van der Waals surface area contributed by atoms with Crippen molar-refractivity contribution in [2.24, 2.45) is 0 Å². The van der Waals surface area contributed by atoms with Gasteiger partial charge in [-0.05, 0) is 24.3 Å². The summed E-state index contributed by atoms with van der Waals surface area (Å²) in [5, 5.41) is 0. The molecule has 0 bridgehead atoms. The zero-order valence-electron chi connectivity index (χ0n) is 6.68. The van der Waals surface area contributed by atoms with E-state index in [9.17, 15) is 17.6 Å². The van der Waals surface area contributed by atoms with Crippen LogP contribution in [0.4, 0.5) is 17.6 Å². The molecule has 0 saturated carbocycles. The van der Waals surface area contributed by atoms with E-state index in [0.29, 0.717) is 4.47 Å². The summed E-state index contributed by atoms with van der Waals surface area (Å²) in [7, 11) is 0. The number of rotatable bonds is 2. The van der Waals surface area contributed by atoms with Gasteiger partial charge in [0, 0.05) is 4.47 Å². The highest BCUT2D eigenvalue weighted by Gasteiger charge is 2.42. The minimum atomic E-state index is -4.99. The van der Waals surface area contributed by atoms with E-state index in [0.717, 1.165) is 0 Å². The SMILES string of the molecule is F[C@@H](Oc1ccc(Br)cc1)C(F)(F)F. The predicted octanol–water partition coefficient (Wildman–Crippen LogP) is 3.69. The van der Waals surface area contributed by atoms with Gasteiger partial charge in [0.1, 0.15) is 5.75 Å². The van der Waals surface area contributed by atoms with Crippen molar-refractivity contribution in [2.75, 3.05) is 0 Å². The van der Waals surface area contributed by atoms with Crippen molar-refractivity contribution in [1.29, 1.82) is 0 Å². The van der Waals surface area contributed by atoms with Gasteiger partial charge in [-0.15, -0.1) is 0 Å². The van der Waals surface area contributed by atoms with Crippen molar-refractivity contribution >= 4 is 15.9 Å². The second-order valence-corrected chi connectivity index (χ2v) is 3.35. The first kappa shape index (κ1) is 11.3. The first-order chi connectivity index (χ1) is 6.39. The van der Waals surface area contributed by atoms with Gasteiger partial charge in [-0.25, -0.2) is 0 Å². The summed E-state index contributed by atoms with van der Waals surface area (Å²) < 4.78 is 52.1. The third-order valence-corrected chi connectivity index (χ3v) is 1.84. The molecule has 0 radical (unpaired) electrons. The molecule has 0 fully saturated rings. The Morgan fingerprint density at radius 2 is 1.64 bits per heavy atom. The van der Waals surface area contributed by atoms with Gasteiger partial charge in [-0.1, -0.05) is 15.9 Å². The summed E-state index contributed by atoms with van der Waals surface area (Å²) in [5.41, 5.74) is 0. The lowest BCUT2D eigenvalue weighted by Crippen LogP contribution is -2.29. The van der Waals surface area contributed by atoms with Crippen molar-refractivity contribution < 1.29 is 22.3 Å². The molecule has 0 N–H and O–H groups in total. The molecule has 1 nitrogen and oxygen atoms in total. The highest BCUT2D eigenvalue weighted by Crippen LogP contribution is 2.26. The van der Waals surface area contributed by atoms with Gasteiger partial charge >= 0.3 is 12.5 Å². The average molecular weight is 273 g/mol. The molecule has 0 saturated heterocycles. The molecule has 0 aliphatic carbocycles. The fourth-order valence-corrected chi connectivity index (χ4v) is 0.964. The maximum atomic E-state index is 12.3. The number of alkyl halides is 4. The molecule has 14 heavy (non-hydrogen) atoms. The van der Waals surface area contributed by atoms with E-state index >= 15 is 0 Å². The van der Waals surface area contributed by atoms with Crippen LogP contribution in [0, 0.1) is 0 Å². The molecule has 0 aromatic heterocycles. The Morgan fingerprint density at radius 3 is 2.07 bits per heavy atom. The Labute approximate surface area is 85.8 Å². The standard InChI is InChI=1S/C8H5BrF4O/c9-5-1-3-6(4-2-5)14-7(10)8(11,12)13/h1-4,7H/t7-/m0/s1. The Balaban J connectivity index is 2.65. The molecule has 0 heterocycles. The summed E-state index contributed by atoms with van der Waals surface area (Å²) in [6.45, 7) is 0. The van der Waals surface area contributed by atoms with Crippen molar-refractivity contribution in [2.45, 2.75) is 12.5 Å². The van der Waals surface area contributed by atoms with Crippen molar-refractivity contribution in [3.63, 3.8) is 0 Å². The maximum Gasteiger partial charge on any atom is 0.457 e. The Bertz CT molecular complexity index is 295. The topological polar surface area (TPSA) is 9.23 Å². The second kappa shape index (κ2) is 4.16. The van der Waals surface area contributed by atoms with E-state index in [-0.39, 0.29) is 5.75 Å². The quantitative estimate of drug-likeness (QED) is 0.747. The van der Waals surface area contributed by atoms with Crippen LogP contribution in [0.2, 0.25) is 0 Å². The molecule has 0 spiro atoms. The number of hydrogen-bond acceptors (Lipinski definition) is 1. The molecule has 78 valence electrons. The fourth-order valence-electron chi connectivity index (χ4n) is 0.699. The molecule has 0 aliphatic rings. The van der Waals surface area contributed by atoms with Crippen molar-refractivity contribution in [1.82, 2.24) is 0 Å². The molecular weight excluding hydrogens is 268 g/mol. The molecule has 1 atom stereocenters. The van der Waals surface area contributed by atoms with Crippen LogP contribution >= 0.6 is 15.9 Å². The number of halogens is 5. The van der Waals surface area contributed by atoms with E-state index in [4.69, 9.17) is 0 Å². The zero-order valence-corrected chi connectivity index (χ0v) is 8.27. The smallest absolute Gasteiger partial charge is 0.452 e. The van der Waals surface area contributed by atoms with Gasteiger partial charge in [0.2, 0.25) is 0 Å². The molecule has 1 aromatic carbocycles. The van der Waals surface area contributed by atoms with Crippen LogP contribution < -0.4 is 4.74 Å². The monoisotopic (exact) mass is 272 g/mol. The summed E-state index contributed by atoms with van der Waals surface area (Å²) in [6.07, 6.45) is -8.28. The first-order valence-corrected chi connectivity index (χ1v) is 4.32. The van der Waals surface area contributed by atoms with Crippen molar-refractivity contribution in [3.05, 3.63) is 28.7 Å². The molecular formula is C8H5BrF4O. The molecule has 0 unspecified atom stereocenters. The highest BCUT2D eigenvalue weighted by molar-refractivity contribution is 9.10. The van der Waals surface area contributed by atoms with Crippen LogP contribution in [0.5, 0.6) is 5.75 Å². The van der Waals surface area contributed by atoms with E-state index < -0.39 is 12.5 Å². The van der Waals surface area contributed by atoms with Crippen LogP contribution in [0.15, 0.2) is 28.7 Å². The minimum absolute atomic E-state index is 0.168. The van der Waals surface area contributed by atoms with Crippen LogP contribution in [0.25, 0.3) is 0 Å². The lowest BCUT2D eigenvalue weighted by Gasteiger charge is -2.13. The number of hydrogen-bond donors (Lipinski definition) is 0. The normalized spacial score (nSPS) is 13.8. The first-order valence-electron chi connectivity index (χ1n) is 3.52. The van der Waals surface area contributed by atoms with Gasteiger partial charge in [0.25, 0.3) is 0 Å². The molecule has 6 heteroatoms. The van der Waals surface area contributed by atoms with Crippen molar-refractivity contribution in [3.8, 4) is 5.75 Å². The summed E-state index contributed by atoms with van der Waals surface area (Å²) >= 11 is 3.08. The Hall–Kier alpha value is -0.780. The summed E-state index contributed by atoms with van der Waals surface area (Å²) in [6, 6.07) is 5.39. The lowest BCUT2D eigenvalue weighted by molar-refractivity contribution is -0.236. The number of ether oxygens (including phenoxy) is 1. The predicted molar refractivity (Wildman–Crippen MR) is 45.7 cm³/mol. The van der Waals surface area contributed by atoms with Gasteiger partial charge in [0.15, 0.2) is 0 Å². The largest absolute Gasteiger partial charge is 0.457 e. The van der Waals surface area contributed by atoms with E-state index in [1.54, 1.807) is 0 Å². The van der Waals surface area contributed by atoms with Crippen LogP contribution in [-0.4, -0.2) is 12.5 Å². The third kappa shape index (κ3) is 3.17. The molecule has 1 aromatic rings. The van der Waals surface area contributed by atoms with E-state index in [1.807, 2.05) is 0 Å². The lowest BCUT2D eigenvalue weighted by atomic mass is 10.3. The van der Waals surface area contributed by atoms with Crippen LogP contribution in [0.1, 0.15) is 0 Å². The van der Waals surface area contributed by atoms with E-state index in [1.165, 1.54) is 24.3 Å². The minimum Gasteiger partial charge on any atom is -0.452 e. The zero-order chi connectivity index (χ0) is 10.8. The van der Waals surface area contributed by atoms with Crippen LogP contribution in [0.3, 0.4) is 0 Å². The molecule has 1 rings (SSSR count). The van der Waals surface area contributed by atoms with Crippen LogP contribution in [-0.2, 0) is 0 Å². The average Bonchev–Trinajstić information content (AvgIpc) is 2.07. The maximum absolute atomic E-state index is 12.3. The highest BCUT2D eigenvalue weighted by atomic mass is 79.9. The van der Waals surface area contributed by atoms with Gasteiger partial charge in [0.05, 0.1) is 0 Å². The Morgan fingerprint density at radius 1 is 1.14 bits per heavy atom. The summed E-state index contributed by atoms with van der Waals surface area (Å²) in [5.74, 6) is -0.168. The van der Waals surface area contributed by atoms with E-state index in [2.05, 4.69) is 20.7 Å². The Kier molecular flexibility index (Phi) is 3.36.